The average Bonchev–Trinajstić information content (AvgIpc) is 2.58. The van der Waals surface area contributed by atoms with Crippen LogP contribution in [0.5, 0.6) is 0 Å². The number of pyridine rings is 1. The van der Waals surface area contributed by atoms with Crippen molar-refractivity contribution in [1.29, 1.82) is 0 Å². The zero-order valence-corrected chi connectivity index (χ0v) is 13.7. The molecular weight excluding hydrogens is 333 g/mol. The van der Waals surface area contributed by atoms with E-state index in [0.29, 0.717) is 19.5 Å². The first kappa shape index (κ1) is 18.3. The van der Waals surface area contributed by atoms with Crippen molar-refractivity contribution < 1.29 is 14.3 Å². The van der Waals surface area contributed by atoms with Gasteiger partial charge in [0, 0.05) is 12.7 Å². The summed E-state index contributed by atoms with van der Waals surface area (Å²) in [6, 6.07) is 10.6. The van der Waals surface area contributed by atoms with Gasteiger partial charge < -0.3 is 15.7 Å². The third kappa shape index (κ3) is 3.40. The van der Waals surface area contributed by atoms with Crippen LogP contribution in [0.15, 0.2) is 48.8 Å². The highest BCUT2D eigenvalue weighted by Gasteiger charge is 2.43. The smallest absolute Gasteiger partial charge is 0.255 e. The Morgan fingerprint density at radius 3 is 2.75 bits per heavy atom. The lowest BCUT2D eigenvalue weighted by Crippen LogP contribution is -2.61. The van der Waals surface area contributed by atoms with Gasteiger partial charge in [-0.05, 0) is 24.6 Å². The molecular formula is C17H19ClFN3O2. The molecule has 1 aromatic heterocycles. The predicted octanol–water partition coefficient (Wildman–Crippen LogP) is 1.62. The molecule has 0 aliphatic carbocycles. The monoisotopic (exact) mass is 351 g/mol. The van der Waals surface area contributed by atoms with Crippen molar-refractivity contribution in [3.63, 3.8) is 0 Å². The van der Waals surface area contributed by atoms with Crippen LogP contribution in [0.25, 0.3) is 0 Å². The van der Waals surface area contributed by atoms with Crippen LogP contribution in [0, 0.1) is 5.82 Å². The van der Waals surface area contributed by atoms with Gasteiger partial charge in [-0.25, -0.2) is 4.39 Å². The molecule has 1 aliphatic rings. The van der Waals surface area contributed by atoms with Crippen LogP contribution in [0.1, 0.15) is 22.3 Å². The molecule has 24 heavy (non-hydrogen) atoms. The fourth-order valence-corrected chi connectivity index (χ4v) is 2.98. The average molecular weight is 352 g/mol. The zero-order chi connectivity index (χ0) is 16.3. The van der Waals surface area contributed by atoms with Crippen LogP contribution < -0.4 is 10.6 Å². The Morgan fingerprint density at radius 2 is 2.08 bits per heavy atom. The SMILES string of the molecule is Cl.O=C(N[C@]1(c2ccccc2)CCNC[C@H]1O)c1ccncc1F. The van der Waals surface area contributed by atoms with Gasteiger partial charge in [0.15, 0.2) is 5.82 Å². The Bertz CT molecular complexity index is 701. The van der Waals surface area contributed by atoms with Crippen molar-refractivity contribution >= 4 is 18.3 Å². The first-order valence-corrected chi connectivity index (χ1v) is 7.50. The summed E-state index contributed by atoms with van der Waals surface area (Å²) in [5.41, 5.74) is -0.225. The van der Waals surface area contributed by atoms with E-state index in [0.717, 1.165) is 11.8 Å². The second-order valence-corrected chi connectivity index (χ2v) is 5.62. The number of rotatable bonds is 3. The van der Waals surface area contributed by atoms with E-state index >= 15 is 0 Å². The van der Waals surface area contributed by atoms with Crippen molar-refractivity contribution in [2.24, 2.45) is 0 Å². The molecule has 3 N–H and O–H groups in total. The van der Waals surface area contributed by atoms with E-state index in [1.807, 2.05) is 30.3 Å². The molecule has 2 atom stereocenters. The van der Waals surface area contributed by atoms with Crippen molar-refractivity contribution in [2.45, 2.75) is 18.1 Å². The summed E-state index contributed by atoms with van der Waals surface area (Å²) >= 11 is 0. The molecule has 1 fully saturated rings. The molecule has 0 radical (unpaired) electrons. The molecule has 0 saturated carbocycles. The molecule has 1 saturated heterocycles. The molecule has 7 heteroatoms. The molecule has 0 spiro atoms. The first-order chi connectivity index (χ1) is 11.1. The largest absolute Gasteiger partial charge is 0.389 e. The molecule has 5 nitrogen and oxygen atoms in total. The molecule has 128 valence electrons. The van der Waals surface area contributed by atoms with Crippen molar-refractivity contribution in [3.05, 3.63) is 65.7 Å². The lowest BCUT2D eigenvalue weighted by atomic mass is 9.79. The molecule has 1 amide bonds. The van der Waals surface area contributed by atoms with Crippen molar-refractivity contribution in [3.8, 4) is 0 Å². The van der Waals surface area contributed by atoms with E-state index in [9.17, 15) is 14.3 Å². The summed E-state index contributed by atoms with van der Waals surface area (Å²) in [5.74, 6) is -1.24. The Balaban J connectivity index is 0.00000208. The number of nitrogens with zero attached hydrogens (tertiary/aromatic N) is 1. The summed E-state index contributed by atoms with van der Waals surface area (Å²) in [7, 11) is 0. The number of aromatic nitrogens is 1. The third-order valence-electron chi connectivity index (χ3n) is 4.25. The summed E-state index contributed by atoms with van der Waals surface area (Å²) < 4.78 is 13.8. The Labute approximate surface area is 145 Å². The first-order valence-electron chi connectivity index (χ1n) is 7.50. The standard InChI is InChI=1S/C17H18FN3O2.ClH/c18-14-10-19-8-6-13(14)16(23)21-17(7-9-20-11-15(17)22)12-4-2-1-3-5-12;/h1-6,8,10,15,20,22H,7,9,11H2,(H,21,23);1H/t15-,17+;/m1./s1. The number of aliphatic hydroxyl groups is 1. The minimum atomic E-state index is -0.945. The molecule has 2 aromatic rings. The number of hydrogen-bond acceptors (Lipinski definition) is 4. The van der Waals surface area contributed by atoms with Gasteiger partial charge in [0.25, 0.3) is 5.91 Å². The van der Waals surface area contributed by atoms with Gasteiger partial charge in [-0.1, -0.05) is 30.3 Å². The van der Waals surface area contributed by atoms with Crippen LogP contribution >= 0.6 is 12.4 Å². The molecule has 0 unspecified atom stereocenters. The maximum Gasteiger partial charge on any atom is 0.255 e. The maximum atomic E-state index is 13.8. The topological polar surface area (TPSA) is 74.2 Å². The summed E-state index contributed by atoms with van der Waals surface area (Å²) in [4.78, 5) is 16.2. The minimum absolute atomic E-state index is 0. The predicted molar refractivity (Wildman–Crippen MR) is 90.5 cm³/mol. The van der Waals surface area contributed by atoms with Crippen LogP contribution in [0.3, 0.4) is 0 Å². The Kier molecular flexibility index (Phi) is 5.88. The highest BCUT2D eigenvalue weighted by Crippen LogP contribution is 2.31. The second kappa shape index (κ2) is 7.70. The lowest BCUT2D eigenvalue weighted by Gasteiger charge is -2.43. The molecule has 1 aromatic carbocycles. The van der Waals surface area contributed by atoms with E-state index in [1.54, 1.807) is 0 Å². The number of benzene rings is 1. The Morgan fingerprint density at radius 1 is 1.33 bits per heavy atom. The molecule has 1 aliphatic heterocycles. The number of amides is 1. The quantitative estimate of drug-likeness (QED) is 0.785. The van der Waals surface area contributed by atoms with Gasteiger partial charge in [-0.2, -0.15) is 0 Å². The van der Waals surface area contributed by atoms with E-state index < -0.39 is 23.4 Å². The molecule has 0 bridgehead atoms. The van der Waals surface area contributed by atoms with Gasteiger partial charge in [-0.3, -0.25) is 9.78 Å². The summed E-state index contributed by atoms with van der Waals surface area (Å²) in [6.07, 6.45) is 2.07. The van der Waals surface area contributed by atoms with Gasteiger partial charge >= 0.3 is 0 Å². The highest BCUT2D eigenvalue weighted by molar-refractivity contribution is 5.95. The van der Waals surface area contributed by atoms with Crippen LogP contribution in [0.4, 0.5) is 4.39 Å². The van der Waals surface area contributed by atoms with Gasteiger partial charge in [-0.15, -0.1) is 12.4 Å². The van der Waals surface area contributed by atoms with E-state index in [2.05, 4.69) is 15.6 Å². The number of nitrogens with one attached hydrogen (secondary N) is 2. The number of hydrogen-bond donors (Lipinski definition) is 3. The molecule has 2 heterocycles. The molecule has 3 rings (SSSR count). The van der Waals surface area contributed by atoms with Crippen molar-refractivity contribution in [1.82, 2.24) is 15.6 Å². The van der Waals surface area contributed by atoms with E-state index in [-0.39, 0.29) is 18.0 Å². The van der Waals surface area contributed by atoms with Crippen LogP contribution in [-0.4, -0.2) is 35.2 Å². The number of halogens is 2. The van der Waals surface area contributed by atoms with Crippen LogP contribution in [-0.2, 0) is 5.54 Å². The third-order valence-corrected chi connectivity index (χ3v) is 4.25. The summed E-state index contributed by atoms with van der Waals surface area (Å²) in [5, 5.41) is 16.5. The van der Waals surface area contributed by atoms with E-state index in [1.165, 1.54) is 12.3 Å². The zero-order valence-electron chi connectivity index (χ0n) is 12.9. The normalized spacial score (nSPS) is 23.2. The number of β-amino-alcohol motifs (C(OH)–C–C–N with tert-alkyl or cyclic N) is 1. The Hall–Kier alpha value is -2.02. The fourth-order valence-electron chi connectivity index (χ4n) is 2.98. The number of piperidine rings is 1. The fraction of sp³-hybridized carbons (Fsp3) is 0.294. The lowest BCUT2D eigenvalue weighted by molar-refractivity contribution is 0.0288. The summed E-state index contributed by atoms with van der Waals surface area (Å²) in [6.45, 7) is 0.999. The maximum absolute atomic E-state index is 13.8. The van der Waals surface area contributed by atoms with Gasteiger partial charge in [0.2, 0.25) is 0 Å². The minimum Gasteiger partial charge on any atom is -0.389 e. The van der Waals surface area contributed by atoms with Crippen LogP contribution in [0.2, 0.25) is 0 Å². The number of aliphatic hydroxyl groups excluding tert-OH is 1. The number of carbonyl (C=O) groups is 1. The van der Waals surface area contributed by atoms with Gasteiger partial charge in [0.1, 0.15) is 0 Å². The second-order valence-electron chi connectivity index (χ2n) is 5.62. The number of carbonyl (C=O) groups excluding carboxylic acids is 1. The van der Waals surface area contributed by atoms with Gasteiger partial charge in [0.05, 0.1) is 23.4 Å². The van der Waals surface area contributed by atoms with E-state index in [4.69, 9.17) is 0 Å². The van der Waals surface area contributed by atoms with Crippen molar-refractivity contribution in [2.75, 3.05) is 13.1 Å². The highest BCUT2D eigenvalue weighted by atomic mass is 35.5.